The van der Waals surface area contributed by atoms with E-state index in [-0.39, 0.29) is 35.6 Å². The summed E-state index contributed by atoms with van der Waals surface area (Å²) in [6.07, 6.45) is -0.0484. The predicted octanol–water partition coefficient (Wildman–Crippen LogP) is 3.71. The minimum atomic E-state index is -0.593. The standard InChI is InChI=1S/C20H31N3O6/c1-14(2)22(7)18(24)15-10-8-11-16(23(26)27)17(15)28-13-9-12-21(6)19(25)29-20(3,4)5/h8,10-11,14H,9,12-13H2,1-7H3. The van der Waals surface area contributed by atoms with Gasteiger partial charge >= 0.3 is 11.8 Å². The summed E-state index contributed by atoms with van der Waals surface area (Å²) < 4.78 is 10.9. The van der Waals surface area contributed by atoms with Crippen LogP contribution in [0.1, 0.15) is 51.4 Å². The molecule has 0 saturated carbocycles. The number of benzene rings is 1. The summed E-state index contributed by atoms with van der Waals surface area (Å²) in [6.45, 7) is 9.48. The van der Waals surface area contributed by atoms with Crippen molar-refractivity contribution in [3.63, 3.8) is 0 Å². The van der Waals surface area contributed by atoms with Crippen LogP contribution >= 0.6 is 0 Å². The molecule has 0 saturated heterocycles. The molecule has 1 rings (SSSR count). The van der Waals surface area contributed by atoms with Gasteiger partial charge in [0.1, 0.15) is 5.60 Å². The fourth-order valence-corrected chi connectivity index (χ4v) is 2.32. The molecule has 0 heterocycles. The molecule has 9 heteroatoms. The first kappa shape index (κ1) is 24.2. The predicted molar refractivity (Wildman–Crippen MR) is 109 cm³/mol. The van der Waals surface area contributed by atoms with Gasteiger partial charge in [0.2, 0.25) is 5.75 Å². The van der Waals surface area contributed by atoms with E-state index >= 15 is 0 Å². The monoisotopic (exact) mass is 409 g/mol. The SMILES string of the molecule is CC(C)N(C)C(=O)c1cccc([N+](=O)[O-])c1OCCCN(C)C(=O)OC(C)(C)C. The van der Waals surface area contributed by atoms with Crippen LogP contribution in [0, 0.1) is 10.1 Å². The molecule has 29 heavy (non-hydrogen) atoms. The van der Waals surface area contributed by atoms with Gasteiger partial charge in [-0.2, -0.15) is 0 Å². The average molecular weight is 409 g/mol. The van der Waals surface area contributed by atoms with Crippen molar-refractivity contribution in [3.05, 3.63) is 33.9 Å². The smallest absolute Gasteiger partial charge is 0.410 e. The van der Waals surface area contributed by atoms with Crippen LogP contribution in [0.15, 0.2) is 18.2 Å². The molecule has 0 aliphatic rings. The van der Waals surface area contributed by atoms with Crippen molar-refractivity contribution in [2.24, 2.45) is 0 Å². The van der Waals surface area contributed by atoms with Gasteiger partial charge in [0.05, 0.1) is 17.1 Å². The highest BCUT2D eigenvalue weighted by Gasteiger charge is 2.26. The van der Waals surface area contributed by atoms with E-state index in [1.54, 1.807) is 34.9 Å². The van der Waals surface area contributed by atoms with E-state index in [1.165, 1.54) is 28.0 Å². The zero-order chi connectivity index (χ0) is 22.4. The summed E-state index contributed by atoms with van der Waals surface area (Å²) in [7, 11) is 3.23. The lowest BCUT2D eigenvalue weighted by Crippen LogP contribution is -2.35. The van der Waals surface area contributed by atoms with Crippen molar-refractivity contribution < 1.29 is 24.0 Å². The fraction of sp³-hybridized carbons (Fsp3) is 0.600. The molecule has 1 aromatic carbocycles. The van der Waals surface area contributed by atoms with Gasteiger partial charge in [0.15, 0.2) is 0 Å². The quantitative estimate of drug-likeness (QED) is 0.368. The number of hydrogen-bond donors (Lipinski definition) is 0. The van der Waals surface area contributed by atoms with Crippen molar-refractivity contribution in [1.82, 2.24) is 9.80 Å². The van der Waals surface area contributed by atoms with Crippen LogP contribution in [0.4, 0.5) is 10.5 Å². The lowest BCUT2D eigenvalue weighted by atomic mass is 10.1. The Morgan fingerprint density at radius 2 is 1.83 bits per heavy atom. The van der Waals surface area contributed by atoms with Gasteiger partial charge in [0.25, 0.3) is 5.91 Å². The summed E-state index contributed by atoms with van der Waals surface area (Å²) in [5.41, 5.74) is -0.728. The number of rotatable bonds is 8. The van der Waals surface area contributed by atoms with Gasteiger partial charge in [-0.05, 0) is 47.1 Å². The second-order valence-corrected chi connectivity index (χ2v) is 8.02. The maximum absolute atomic E-state index is 12.7. The third-order valence-corrected chi connectivity index (χ3v) is 4.11. The third-order valence-electron chi connectivity index (χ3n) is 4.11. The Morgan fingerprint density at radius 1 is 1.21 bits per heavy atom. The number of nitro groups is 1. The van der Waals surface area contributed by atoms with E-state index in [2.05, 4.69) is 0 Å². The molecule has 0 atom stereocenters. The first-order chi connectivity index (χ1) is 13.3. The maximum atomic E-state index is 12.7. The summed E-state index contributed by atoms with van der Waals surface area (Å²) in [5.74, 6) is -0.417. The Labute approximate surface area is 171 Å². The molecule has 0 fully saturated rings. The van der Waals surface area contributed by atoms with Gasteiger partial charge in [0, 0.05) is 32.7 Å². The third kappa shape index (κ3) is 7.24. The zero-order valence-electron chi connectivity index (χ0n) is 18.2. The maximum Gasteiger partial charge on any atom is 0.410 e. The Kier molecular flexibility index (Phi) is 8.42. The van der Waals surface area contributed by atoms with Gasteiger partial charge in [-0.25, -0.2) is 4.79 Å². The fourth-order valence-electron chi connectivity index (χ4n) is 2.32. The zero-order valence-corrected chi connectivity index (χ0v) is 18.2. The number of ether oxygens (including phenoxy) is 2. The van der Waals surface area contributed by atoms with E-state index < -0.39 is 16.6 Å². The number of carbonyl (C=O) groups excluding carboxylic acids is 2. The van der Waals surface area contributed by atoms with E-state index in [0.29, 0.717) is 13.0 Å². The summed E-state index contributed by atoms with van der Waals surface area (Å²) >= 11 is 0. The minimum absolute atomic E-state index is 0.0603. The molecular formula is C20H31N3O6. The van der Waals surface area contributed by atoms with Crippen LogP contribution in [0.5, 0.6) is 5.75 Å². The second kappa shape index (κ2) is 10.1. The van der Waals surface area contributed by atoms with Crippen LogP contribution in [0.3, 0.4) is 0 Å². The molecule has 0 unspecified atom stereocenters. The van der Waals surface area contributed by atoms with Crippen LogP contribution in [-0.2, 0) is 4.74 Å². The van der Waals surface area contributed by atoms with Crippen molar-refractivity contribution in [2.45, 2.75) is 52.7 Å². The van der Waals surface area contributed by atoms with Crippen molar-refractivity contribution in [3.8, 4) is 5.75 Å². The lowest BCUT2D eigenvalue weighted by molar-refractivity contribution is -0.385. The summed E-state index contributed by atoms with van der Waals surface area (Å²) in [5, 5.41) is 11.4. The van der Waals surface area contributed by atoms with E-state index in [4.69, 9.17) is 9.47 Å². The van der Waals surface area contributed by atoms with Crippen molar-refractivity contribution in [2.75, 3.05) is 27.2 Å². The summed E-state index contributed by atoms with van der Waals surface area (Å²) in [4.78, 5) is 38.4. The van der Waals surface area contributed by atoms with E-state index in [9.17, 15) is 19.7 Å². The molecule has 0 N–H and O–H groups in total. The molecule has 0 aromatic heterocycles. The number of nitro benzene ring substituents is 1. The minimum Gasteiger partial charge on any atom is -0.486 e. The van der Waals surface area contributed by atoms with E-state index in [0.717, 1.165) is 0 Å². The van der Waals surface area contributed by atoms with Crippen LogP contribution in [-0.4, -0.2) is 65.6 Å². The largest absolute Gasteiger partial charge is 0.486 e. The lowest BCUT2D eigenvalue weighted by Gasteiger charge is -2.24. The highest BCUT2D eigenvalue weighted by atomic mass is 16.6. The Hall–Kier alpha value is -2.84. The van der Waals surface area contributed by atoms with Crippen molar-refractivity contribution >= 4 is 17.7 Å². The van der Waals surface area contributed by atoms with Crippen molar-refractivity contribution in [1.29, 1.82) is 0 Å². The molecule has 162 valence electrons. The number of amides is 2. The molecule has 0 radical (unpaired) electrons. The van der Waals surface area contributed by atoms with Gasteiger partial charge in [-0.15, -0.1) is 0 Å². The van der Waals surface area contributed by atoms with Crippen LogP contribution in [0.25, 0.3) is 0 Å². The molecule has 0 aliphatic carbocycles. The normalized spacial score (nSPS) is 11.2. The molecule has 0 bridgehead atoms. The Bertz CT molecular complexity index is 742. The number of nitrogens with zero attached hydrogens (tertiary/aromatic N) is 3. The van der Waals surface area contributed by atoms with Gasteiger partial charge in [-0.3, -0.25) is 14.9 Å². The number of carbonyl (C=O) groups is 2. The number of para-hydroxylation sites is 1. The Morgan fingerprint density at radius 3 is 2.34 bits per heavy atom. The van der Waals surface area contributed by atoms with Crippen LogP contribution in [0.2, 0.25) is 0 Å². The van der Waals surface area contributed by atoms with Gasteiger partial charge in [-0.1, -0.05) is 6.07 Å². The second-order valence-electron chi connectivity index (χ2n) is 8.02. The molecular weight excluding hydrogens is 378 g/mol. The highest BCUT2D eigenvalue weighted by Crippen LogP contribution is 2.32. The Balaban J connectivity index is 2.86. The average Bonchev–Trinajstić information content (AvgIpc) is 2.61. The van der Waals surface area contributed by atoms with Gasteiger partial charge < -0.3 is 19.3 Å². The summed E-state index contributed by atoms with van der Waals surface area (Å²) in [6, 6.07) is 4.20. The molecule has 2 amide bonds. The molecule has 0 aliphatic heterocycles. The number of hydrogen-bond acceptors (Lipinski definition) is 6. The molecule has 9 nitrogen and oxygen atoms in total. The first-order valence-electron chi connectivity index (χ1n) is 9.46. The molecule has 0 spiro atoms. The molecule has 1 aromatic rings. The topological polar surface area (TPSA) is 102 Å². The first-order valence-corrected chi connectivity index (χ1v) is 9.46. The van der Waals surface area contributed by atoms with E-state index in [1.807, 2.05) is 13.8 Å². The highest BCUT2D eigenvalue weighted by molar-refractivity contribution is 5.98. The van der Waals surface area contributed by atoms with Crippen LogP contribution < -0.4 is 4.74 Å².